The maximum Gasteiger partial charge on any atom is 0.163 e. The molecule has 0 spiro atoms. The first-order valence-corrected chi connectivity index (χ1v) is 5.85. The second-order valence-corrected chi connectivity index (χ2v) is 5.71. The highest BCUT2D eigenvalue weighted by Gasteiger charge is 2.54. The molecule has 88 valence electrons. The Morgan fingerprint density at radius 3 is 2.33 bits per heavy atom. The summed E-state index contributed by atoms with van der Waals surface area (Å²) in [5, 5.41) is 9.70. The Morgan fingerprint density at radius 2 is 2.00 bits per heavy atom. The minimum absolute atomic E-state index is 0.0991. The molecular weight excluding hydrogens is 192 g/mol. The van der Waals surface area contributed by atoms with Crippen LogP contribution in [-0.2, 0) is 9.47 Å². The Hall–Kier alpha value is -0.120. The molecule has 3 heteroatoms. The van der Waals surface area contributed by atoms with Gasteiger partial charge in [0.25, 0.3) is 0 Å². The molecule has 0 aromatic rings. The highest BCUT2D eigenvalue weighted by molar-refractivity contribution is 5.01. The standard InChI is InChI=1S/C12H22O3/c1-8(13)9-5-6-12(9,4)10-7-14-11(2,3)15-10/h8-10,13H,5-7H2,1-4H3/t8-,9+,10+,12-/m0/s1. The maximum absolute atomic E-state index is 9.70. The Balaban J connectivity index is 2.05. The van der Waals surface area contributed by atoms with Gasteiger partial charge in [-0.15, -0.1) is 0 Å². The summed E-state index contributed by atoms with van der Waals surface area (Å²) in [7, 11) is 0. The zero-order valence-corrected chi connectivity index (χ0v) is 10.1. The van der Waals surface area contributed by atoms with Gasteiger partial charge in [0.05, 0.1) is 18.8 Å². The Labute approximate surface area is 91.8 Å². The average Bonchev–Trinajstić information content (AvgIpc) is 2.42. The van der Waals surface area contributed by atoms with Crippen molar-refractivity contribution in [1.82, 2.24) is 0 Å². The summed E-state index contributed by atoms with van der Waals surface area (Å²) in [6.07, 6.45) is 2.14. The van der Waals surface area contributed by atoms with E-state index in [1.54, 1.807) is 0 Å². The lowest BCUT2D eigenvalue weighted by atomic mass is 9.56. The minimum Gasteiger partial charge on any atom is -0.393 e. The molecule has 4 atom stereocenters. The second kappa shape index (κ2) is 3.44. The Morgan fingerprint density at radius 1 is 1.33 bits per heavy atom. The summed E-state index contributed by atoms with van der Waals surface area (Å²) in [5.41, 5.74) is 0.0991. The van der Waals surface area contributed by atoms with E-state index in [1.165, 1.54) is 0 Å². The number of aliphatic hydroxyl groups excluding tert-OH is 1. The van der Waals surface area contributed by atoms with Crippen molar-refractivity contribution < 1.29 is 14.6 Å². The third-order valence-corrected chi connectivity index (χ3v) is 4.17. The molecular formula is C12H22O3. The summed E-state index contributed by atoms with van der Waals surface area (Å²) in [6.45, 7) is 8.65. The molecule has 1 saturated carbocycles. The predicted octanol–water partition coefficient (Wildman–Crippen LogP) is 1.93. The first-order chi connectivity index (χ1) is 6.85. The molecule has 1 saturated heterocycles. The van der Waals surface area contributed by atoms with Crippen LogP contribution in [0.3, 0.4) is 0 Å². The first kappa shape index (κ1) is 11.4. The lowest BCUT2D eigenvalue weighted by Crippen LogP contribution is -2.52. The molecule has 15 heavy (non-hydrogen) atoms. The maximum atomic E-state index is 9.70. The zero-order chi connectivity index (χ0) is 11.3. The van der Waals surface area contributed by atoms with Crippen molar-refractivity contribution in [2.45, 2.75) is 58.5 Å². The normalized spacial score (nSPS) is 46.2. The lowest BCUT2D eigenvalue weighted by molar-refractivity contribution is -0.181. The van der Waals surface area contributed by atoms with E-state index in [0.717, 1.165) is 12.8 Å². The number of rotatable bonds is 2. The molecule has 2 aliphatic rings. The van der Waals surface area contributed by atoms with E-state index in [-0.39, 0.29) is 17.6 Å². The molecule has 0 bridgehead atoms. The van der Waals surface area contributed by atoms with Crippen molar-refractivity contribution in [1.29, 1.82) is 0 Å². The molecule has 1 aliphatic carbocycles. The van der Waals surface area contributed by atoms with Gasteiger partial charge in [-0.1, -0.05) is 6.92 Å². The van der Waals surface area contributed by atoms with Crippen LogP contribution in [0.15, 0.2) is 0 Å². The van der Waals surface area contributed by atoms with E-state index in [0.29, 0.717) is 12.5 Å². The molecule has 2 fully saturated rings. The van der Waals surface area contributed by atoms with E-state index in [2.05, 4.69) is 6.92 Å². The van der Waals surface area contributed by atoms with Crippen LogP contribution in [0.1, 0.15) is 40.5 Å². The van der Waals surface area contributed by atoms with E-state index < -0.39 is 5.79 Å². The van der Waals surface area contributed by atoms with Crippen molar-refractivity contribution in [2.24, 2.45) is 11.3 Å². The smallest absolute Gasteiger partial charge is 0.163 e. The third-order valence-electron chi connectivity index (χ3n) is 4.17. The van der Waals surface area contributed by atoms with Gasteiger partial charge in [-0.25, -0.2) is 0 Å². The largest absolute Gasteiger partial charge is 0.393 e. The van der Waals surface area contributed by atoms with Gasteiger partial charge in [0, 0.05) is 5.41 Å². The van der Waals surface area contributed by atoms with Crippen LogP contribution in [0.5, 0.6) is 0 Å². The predicted molar refractivity (Wildman–Crippen MR) is 57.4 cm³/mol. The molecule has 0 amide bonds. The van der Waals surface area contributed by atoms with Crippen LogP contribution < -0.4 is 0 Å². The highest BCUT2D eigenvalue weighted by Crippen LogP contribution is 2.53. The Bertz CT molecular complexity index is 249. The molecule has 1 heterocycles. The fourth-order valence-electron chi connectivity index (χ4n) is 2.97. The minimum atomic E-state index is -0.452. The van der Waals surface area contributed by atoms with E-state index in [9.17, 15) is 5.11 Å². The lowest BCUT2D eigenvalue weighted by Gasteiger charge is -2.51. The SMILES string of the molecule is C[C@H](O)[C@H]1CC[C@]1(C)[C@H]1COC(C)(C)O1. The summed E-state index contributed by atoms with van der Waals surface area (Å²) in [6, 6.07) is 0. The van der Waals surface area contributed by atoms with Crippen molar-refractivity contribution in [3.05, 3.63) is 0 Å². The number of hydrogen-bond acceptors (Lipinski definition) is 3. The molecule has 1 aliphatic heterocycles. The molecule has 0 aromatic carbocycles. The Kier molecular flexibility index (Phi) is 2.61. The fourth-order valence-corrected chi connectivity index (χ4v) is 2.97. The summed E-state index contributed by atoms with van der Waals surface area (Å²) >= 11 is 0. The van der Waals surface area contributed by atoms with E-state index in [1.807, 2.05) is 20.8 Å². The monoisotopic (exact) mass is 214 g/mol. The number of hydrogen-bond donors (Lipinski definition) is 1. The van der Waals surface area contributed by atoms with Gasteiger partial charge in [-0.3, -0.25) is 0 Å². The quantitative estimate of drug-likeness (QED) is 0.763. The molecule has 3 nitrogen and oxygen atoms in total. The summed E-state index contributed by atoms with van der Waals surface area (Å²) in [4.78, 5) is 0. The molecule has 0 aromatic heterocycles. The van der Waals surface area contributed by atoms with Gasteiger partial charge in [-0.05, 0) is 39.5 Å². The van der Waals surface area contributed by atoms with Crippen LogP contribution in [0, 0.1) is 11.3 Å². The number of aliphatic hydroxyl groups is 1. The van der Waals surface area contributed by atoms with Crippen molar-refractivity contribution >= 4 is 0 Å². The molecule has 1 N–H and O–H groups in total. The molecule has 0 radical (unpaired) electrons. The summed E-state index contributed by atoms with van der Waals surface area (Å²) in [5.74, 6) is -0.0908. The fraction of sp³-hybridized carbons (Fsp3) is 1.00. The van der Waals surface area contributed by atoms with Gasteiger partial charge in [0.1, 0.15) is 0 Å². The van der Waals surface area contributed by atoms with Crippen LogP contribution in [0.4, 0.5) is 0 Å². The number of ether oxygens (including phenoxy) is 2. The van der Waals surface area contributed by atoms with Crippen molar-refractivity contribution in [3.63, 3.8) is 0 Å². The van der Waals surface area contributed by atoms with Crippen LogP contribution in [-0.4, -0.2) is 29.7 Å². The van der Waals surface area contributed by atoms with Gasteiger partial charge >= 0.3 is 0 Å². The van der Waals surface area contributed by atoms with Gasteiger partial charge in [0.2, 0.25) is 0 Å². The molecule has 2 rings (SSSR count). The van der Waals surface area contributed by atoms with Gasteiger partial charge in [-0.2, -0.15) is 0 Å². The summed E-state index contributed by atoms with van der Waals surface area (Å²) < 4.78 is 11.5. The van der Waals surface area contributed by atoms with Gasteiger partial charge < -0.3 is 14.6 Å². The van der Waals surface area contributed by atoms with Crippen molar-refractivity contribution in [2.75, 3.05) is 6.61 Å². The molecule has 0 unspecified atom stereocenters. The third kappa shape index (κ3) is 1.81. The zero-order valence-electron chi connectivity index (χ0n) is 10.1. The average molecular weight is 214 g/mol. The second-order valence-electron chi connectivity index (χ2n) is 5.71. The topological polar surface area (TPSA) is 38.7 Å². The van der Waals surface area contributed by atoms with Crippen molar-refractivity contribution in [3.8, 4) is 0 Å². The van der Waals surface area contributed by atoms with E-state index in [4.69, 9.17) is 9.47 Å². The van der Waals surface area contributed by atoms with E-state index >= 15 is 0 Å². The highest BCUT2D eigenvalue weighted by atomic mass is 16.7. The first-order valence-electron chi connectivity index (χ1n) is 5.85. The van der Waals surface area contributed by atoms with Gasteiger partial charge in [0.15, 0.2) is 5.79 Å². The van der Waals surface area contributed by atoms with Crippen LogP contribution in [0.2, 0.25) is 0 Å². The van der Waals surface area contributed by atoms with Crippen LogP contribution in [0.25, 0.3) is 0 Å². The van der Waals surface area contributed by atoms with Crippen LogP contribution >= 0.6 is 0 Å².